The summed E-state index contributed by atoms with van der Waals surface area (Å²) in [4.78, 5) is 0. The van der Waals surface area contributed by atoms with Crippen molar-refractivity contribution in [3.05, 3.63) is 0 Å². The Bertz CT molecular complexity index is 290. The van der Waals surface area contributed by atoms with Crippen LogP contribution < -0.4 is 5.32 Å². The molecule has 3 aliphatic rings. The van der Waals surface area contributed by atoms with Crippen LogP contribution in [-0.2, 0) is 4.74 Å². The second-order valence-corrected chi connectivity index (χ2v) is 7.53. The van der Waals surface area contributed by atoms with Crippen LogP contribution in [-0.4, -0.2) is 24.8 Å². The van der Waals surface area contributed by atoms with Gasteiger partial charge in [0.25, 0.3) is 0 Å². The van der Waals surface area contributed by atoms with Gasteiger partial charge in [0.2, 0.25) is 0 Å². The van der Waals surface area contributed by atoms with Crippen molar-refractivity contribution in [3.8, 4) is 0 Å². The van der Waals surface area contributed by atoms with Crippen molar-refractivity contribution in [3.63, 3.8) is 0 Å². The van der Waals surface area contributed by atoms with Crippen molar-refractivity contribution in [2.24, 2.45) is 11.8 Å². The maximum absolute atomic E-state index is 6.29. The van der Waals surface area contributed by atoms with Crippen LogP contribution in [0.25, 0.3) is 0 Å². The lowest BCUT2D eigenvalue weighted by Gasteiger charge is -2.47. The predicted octanol–water partition coefficient (Wildman–Crippen LogP) is 4.28. The number of hydrogen-bond donors (Lipinski definition) is 1. The van der Waals surface area contributed by atoms with Crippen LogP contribution in [0.5, 0.6) is 0 Å². The molecule has 3 rings (SSSR count). The summed E-state index contributed by atoms with van der Waals surface area (Å²) in [5.41, 5.74) is 0.298. The summed E-state index contributed by atoms with van der Waals surface area (Å²) in [7, 11) is 0. The van der Waals surface area contributed by atoms with Crippen LogP contribution in [0.1, 0.15) is 77.6 Å². The summed E-state index contributed by atoms with van der Waals surface area (Å²) >= 11 is 0. The van der Waals surface area contributed by atoms with E-state index in [0.717, 1.165) is 31.0 Å². The van der Waals surface area contributed by atoms with Gasteiger partial charge < -0.3 is 10.1 Å². The third kappa shape index (κ3) is 3.39. The summed E-state index contributed by atoms with van der Waals surface area (Å²) < 4.78 is 6.29. The highest BCUT2D eigenvalue weighted by molar-refractivity contribution is 4.93. The molecule has 116 valence electrons. The Morgan fingerprint density at radius 2 is 1.85 bits per heavy atom. The monoisotopic (exact) mass is 279 g/mol. The Morgan fingerprint density at radius 3 is 2.65 bits per heavy atom. The van der Waals surface area contributed by atoms with E-state index in [2.05, 4.69) is 12.2 Å². The first kappa shape index (κ1) is 14.8. The number of hydrogen-bond acceptors (Lipinski definition) is 2. The van der Waals surface area contributed by atoms with E-state index >= 15 is 0 Å². The Morgan fingerprint density at radius 1 is 1.00 bits per heavy atom. The quantitative estimate of drug-likeness (QED) is 0.832. The van der Waals surface area contributed by atoms with Crippen LogP contribution >= 0.6 is 0 Å². The van der Waals surface area contributed by atoms with Gasteiger partial charge in [-0.3, -0.25) is 0 Å². The van der Waals surface area contributed by atoms with Crippen LogP contribution in [0.2, 0.25) is 0 Å². The lowest BCUT2D eigenvalue weighted by molar-refractivity contribution is -0.127. The molecule has 0 bridgehead atoms. The minimum atomic E-state index is 0.298. The van der Waals surface area contributed by atoms with Gasteiger partial charge in [-0.2, -0.15) is 0 Å². The molecule has 1 aliphatic heterocycles. The molecular weight excluding hydrogens is 246 g/mol. The van der Waals surface area contributed by atoms with Crippen molar-refractivity contribution in [1.82, 2.24) is 5.32 Å². The number of rotatable bonds is 3. The number of ether oxygens (including phenoxy) is 1. The van der Waals surface area contributed by atoms with E-state index in [9.17, 15) is 0 Å². The Labute approximate surface area is 125 Å². The molecule has 0 aromatic heterocycles. The molecule has 0 aromatic carbocycles. The summed E-state index contributed by atoms with van der Waals surface area (Å²) in [6, 6.07) is 0.795. The molecule has 0 radical (unpaired) electrons. The maximum Gasteiger partial charge on any atom is 0.0685 e. The van der Waals surface area contributed by atoms with Gasteiger partial charge in [0.15, 0.2) is 0 Å². The molecule has 2 heteroatoms. The summed E-state index contributed by atoms with van der Waals surface area (Å²) in [5.74, 6) is 1.92. The smallest absolute Gasteiger partial charge is 0.0685 e. The minimum absolute atomic E-state index is 0.298. The first-order chi connectivity index (χ1) is 9.81. The standard InChI is InChI=1S/C18H33NO/c1-2-19-17-8-6-7-15(13-17)16-9-12-20-18(14-16)10-4-3-5-11-18/h15-17,19H,2-14H2,1H3. The van der Waals surface area contributed by atoms with E-state index in [1.807, 2.05) is 0 Å². The van der Waals surface area contributed by atoms with Gasteiger partial charge >= 0.3 is 0 Å². The Hall–Kier alpha value is -0.0800. The molecule has 1 saturated heterocycles. The number of nitrogens with one attached hydrogen (secondary N) is 1. The minimum Gasteiger partial charge on any atom is -0.375 e. The molecule has 1 heterocycles. The van der Waals surface area contributed by atoms with E-state index in [1.54, 1.807) is 0 Å². The van der Waals surface area contributed by atoms with Crippen molar-refractivity contribution < 1.29 is 4.74 Å². The molecule has 1 N–H and O–H groups in total. The Kier molecular flexibility index (Phi) is 5.04. The van der Waals surface area contributed by atoms with Gasteiger partial charge in [-0.1, -0.05) is 39.0 Å². The third-order valence-electron chi connectivity index (χ3n) is 6.17. The maximum atomic E-state index is 6.29. The average molecular weight is 279 g/mol. The zero-order valence-corrected chi connectivity index (χ0v) is 13.3. The predicted molar refractivity (Wildman–Crippen MR) is 83.9 cm³/mol. The van der Waals surface area contributed by atoms with Crippen molar-refractivity contribution >= 4 is 0 Å². The fraction of sp³-hybridized carbons (Fsp3) is 1.00. The second kappa shape index (κ2) is 6.79. The van der Waals surface area contributed by atoms with Gasteiger partial charge in [-0.05, 0) is 56.9 Å². The molecule has 3 atom stereocenters. The van der Waals surface area contributed by atoms with Gasteiger partial charge in [0.1, 0.15) is 0 Å². The van der Waals surface area contributed by atoms with E-state index in [-0.39, 0.29) is 0 Å². The highest BCUT2D eigenvalue weighted by Gasteiger charge is 2.41. The van der Waals surface area contributed by atoms with Gasteiger partial charge in [0, 0.05) is 12.6 Å². The van der Waals surface area contributed by atoms with E-state index in [0.29, 0.717) is 5.60 Å². The fourth-order valence-electron chi connectivity index (χ4n) is 5.14. The molecule has 2 aliphatic carbocycles. The molecule has 3 unspecified atom stereocenters. The summed E-state index contributed by atoms with van der Waals surface area (Å²) in [5, 5.41) is 3.69. The molecule has 20 heavy (non-hydrogen) atoms. The normalized spacial score (nSPS) is 38.0. The zero-order valence-electron chi connectivity index (χ0n) is 13.3. The molecule has 1 spiro atoms. The van der Waals surface area contributed by atoms with E-state index < -0.39 is 0 Å². The molecule has 2 saturated carbocycles. The largest absolute Gasteiger partial charge is 0.375 e. The van der Waals surface area contributed by atoms with Crippen molar-refractivity contribution in [2.45, 2.75) is 89.2 Å². The highest BCUT2D eigenvalue weighted by atomic mass is 16.5. The van der Waals surface area contributed by atoms with E-state index in [4.69, 9.17) is 4.74 Å². The summed E-state index contributed by atoms with van der Waals surface area (Å²) in [6.07, 6.45) is 15.3. The van der Waals surface area contributed by atoms with Gasteiger partial charge in [0.05, 0.1) is 5.60 Å². The van der Waals surface area contributed by atoms with Gasteiger partial charge in [-0.15, -0.1) is 0 Å². The molecule has 0 aromatic rings. The molecule has 3 fully saturated rings. The Balaban J connectivity index is 1.58. The third-order valence-corrected chi connectivity index (χ3v) is 6.17. The van der Waals surface area contributed by atoms with Crippen LogP contribution in [0.15, 0.2) is 0 Å². The first-order valence-corrected chi connectivity index (χ1v) is 9.19. The van der Waals surface area contributed by atoms with Crippen molar-refractivity contribution in [2.75, 3.05) is 13.2 Å². The first-order valence-electron chi connectivity index (χ1n) is 9.19. The van der Waals surface area contributed by atoms with Crippen molar-refractivity contribution in [1.29, 1.82) is 0 Å². The topological polar surface area (TPSA) is 21.3 Å². The molecule has 0 amide bonds. The van der Waals surface area contributed by atoms with Crippen LogP contribution in [0.4, 0.5) is 0 Å². The van der Waals surface area contributed by atoms with Gasteiger partial charge in [-0.25, -0.2) is 0 Å². The fourth-order valence-corrected chi connectivity index (χ4v) is 5.14. The lowest BCUT2D eigenvalue weighted by Crippen LogP contribution is -2.45. The lowest BCUT2D eigenvalue weighted by atomic mass is 9.68. The SMILES string of the molecule is CCNC1CCCC(C2CCOC3(CCCCC3)C2)C1. The van der Waals surface area contributed by atoms with Crippen LogP contribution in [0, 0.1) is 11.8 Å². The highest BCUT2D eigenvalue weighted by Crippen LogP contribution is 2.45. The second-order valence-electron chi connectivity index (χ2n) is 7.53. The van der Waals surface area contributed by atoms with Crippen LogP contribution in [0.3, 0.4) is 0 Å². The average Bonchev–Trinajstić information content (AvgIpc) is 2.49. The zero-order chi connectivity index (χ0) is 13.8. The summed E-state index contributed by atoms with van der Waals surface area (Å²) in [6.45, 7) is 4.41. The molecule has 2 nitrogen and oxygen atoms in total. The van der Waals surface area contributed by atoms with E-state index in [1.165, 1.54) is 70.6 Å². The molecular formula is C18H33NO.